The van der Waals surface area contributed by atoms with E-state index < -0.39 is 7.29 Å². The zero-order valence-corrected chi connectivity index (χ0v) is 11.8. The Labute approximate surface area is 113 Å². The molecule has 0 radical (unpaired) electrons. The maximum Gasteiger partial charge on any atom is 0.318 e. The lowest BCUT2D eigenvalue weighted by Gasteiger charge is -1.98. The van der Waals surface area contributed by atoms with Crippen molar-refractivity contribution in [2.24, 2.45) is 0 Å². The minimum atomic E-state index is -3.70. The largest absolute Gasteiger partial charge is 0.318 e. The highest BCUT2D eigenvalue weighted by Gasteiger charge is 1.91. The third-order valence-electron chi connectivity index (χ3n) is 1.88. The molecule has 0 fully saturated rings. The van der Waals surface area contributed by atoms with Crippen molar-refractivity contribution in [1.82, 2.24) is 0 Å². The van der Waals surface area contributed by atoms with E-state index >= 15 is 0 Å². The molecule has 0 spiro atoms. The van der Waals surface area contributed by atoms with Crippen molar-refractivity contribution in [3.63, 3.8) is 0 Å². The van der Waals surface area contributed by atoms with Gasteiger partial charge in [-0.3, -0.25) is 4.55 Å². The molecule has 3 nitrogen and oxygen atoms in total. The molecule has 90 valence electrons. The molecule has 0 bridgehead atoms. The maximum absolute atomic E-state index is 9.17. The minimum absolute atomic E-state index is 0.905. The first-order chi connectivity index (χ1) is 7.97. The molecule has 0 saturated carbocycles. The average Bonchev–Trinajstić information content (AvgIpc) is 2.29. The van der Waals surface area contributed by atoms with Crippen LogP contribution in [0.1, 0.15) is 0 Å². The number of rotatable bonds is 1. The molecule has 5 heteroatoms. The molecule has 0 aliphatic rings. The molecule has 0 saturated heterocycles. The van der Waals surface area contributed by atoms with Gasteiger partial charge >= 0.3 is 7.29 Å². The number of hydrogen-bond donors (Lipinski definition) is 1. The standard InChI is InChI=1S/C12H10.HIO3S/c1-3-7-11(8-4-1)12-9-5-2-6-10-12;1-5(2,3)4/h1-10H;(H,2,3,4). The van der Waals surface area contributed by atoms with E-state index in [2.05, 4.69) is 48.5 Å². The Morgan fingerprint density at radius 2 is 1.00 bits per heavy atom. The van der Waals surface area contributed by atoms with Crippen molar-refractivity contribution >= 4 is 28.5 Å². The van der Waals surface area contributed by atoms with E-state index in [9.17, 15) is 8.42 Å². The van der Waals surface area contributed by atoms with Crippen molar-refractivity contribution in [2.45, 2.75) is 0 Å². The van der Waals surface area contributed by atoms with E-state index in [1.807, 2.05) is 12.1 Å². The van der Waals surface area contributed by atoms with E-state index in [1.54, 1.807) is 0 Å². The Kier molecular flexibility index (Phi) is 5.60. The van der Waals surface area contributed by atoms with Crippen LogP contribution in [0.15, 0.2) is 60.7 Å². The first-order valence-corrected chi connectivity index (χ1v) is 8.72. The van der Waals surface area contributed by atoms with Gasteiger partial charge < -0.3 is 0 Å². The summed E-state index contributed by atoms with van der Waals surface area (Å²) in [5.74, 6) is 0. The molecule has 0 unspecified atom stereocenters. The van der Waals surface area contributed by atoms with Crippen LogP contribution in [0.4, 0.5) is 0 Å². The van der Waals surface area contributed by atoms with Crippen LogP contribution in [0.3, 0.4) is 0 Å². The van der Waals surface area contributed by atoms with Gasteiger partial charge in [0.05, 0.1) is 0 Å². The quantitative estimate of drug-likeness (QED) is 0.479. The molecule has 2 aromatic rings. The van der Waals surface area contributed by atoms with E-state index in [1.165, 1.54) is 11.1 Å². The Morgan fingerprint density at radius 3 is 1.24 bits per heavy atom. The van der Waals surface area contributed by atoms with Crippen molar-refractivity contribution in [2.75, 3.05) is 0 Å². The smallest absolute Gasteiger partial charge is 0.278 e. The summed E-state index contributed by atoms with van der Waals surface area (Å²) in [4.78, 5) is 0. The summed E-state index contributed by atoms with van der Waals surface area (Å²) < 4.78 is 25.8. The van der Waals surface area contributed by atoms with Gasteiger partial charge in [-0.2, -0.15) is 8.42 Å². The van der Waals surface area contributed by atoms with Crippen LogP contribution in [-0.2, 0) is 7.29 Å². The van der Waals surface area contributed by atoms with Crippen LogP contribution < -0.4 is 0 Å². The van der Waals surface area contributed by atoms with Gasteiger partial charge in [0.25, 0.3) is 0 Å². The molecule has 0 amide bonds. The zero-order valence-electron chi connectivity index (χ0n) is 8.82. The van der Waals surface area contributed by atoms with Crippen LogP contribution in [0, 0.1) is 0 Å². The third-order valence-corrected chi connectivity index (χ3v) is 1.88. The predicted molar refractivity (Wildman–Crippen MR) is 77.4 cm³/mol. The van der Waals surface area contributed by atoms with E-state index in [0.29, 0.717) is 0 Å². The molecule has 17 heavy (non-hydrogen) atoms. The number of benzene rings is 2. The lowest BCUT2D eigenvalue weighted by atomic mass is 10.1. The fourth-order valence-electron chi connectivity index (χ4n) is 1.26. The highest BCUT2D eigenvalue weighted by atomic mass is 127. The van der Waals surface area contributed by atoms with Gasteiger partial charge in [0, 0.05) is 0 Å². The molecular formula is C12H11IO3S. The predicted octanol–water partition coefficient (Wildman–Crippen LogP) is 3.58. The summed E-state index contributed by atoms with van der Waals surface area (Å²) in [6, 6.07) is 20.8. The Morgan fingerprint density at radius 1 is 0.765 bits per heavy atom. The first kappa shape index (κ1) is 14.1. The van der Waals surface area contributed by atoms with Crippen molar-refractivity contribution in [3.8, 4) is 11.1 Å². The van der Waals surface area contributed by atoms with Crippen LogP contribution in [-0.4, -0.2) is 13.0 Å². The second-order valence-electron chi connectivity index (χ2n) is 3.14. The second kappa shape index (κ2) is 6.73. The highest BCUT2D eigenvalue weighted by Crippen LogP contribution is 2.17. The first-order valence-electron chi connectivity index (χ1n) is 4.74. The Hall–Kier alpha value is -0.920. The molecular weight excluding hydrogens is 351 g/mol. The van der Waals surface area contributed by atoms with Gasteiger partial charge in [0.1, 0.15) is 21.2 Å². The van der Waals surface area contributed by atoms with E-state index in [-0.39, 0.29) is 0 Å². The van der Waals surface area contributed by atoms with Crippen LogP contribution in [0.25, 0.3) is 11.1 Å². The number of hydrogen-bond acceptors (Lipinski definition) is 2. The van der Waals surface area contributed by atoms with Crippen molar-refractivity contribution < 1.29 is 13.0 Å². The summed E-state index contributed by atoms with van der Waals surface area (Å²) in [5.41, 5.74) is 2.55. The van der Waals surface area contributed by atoms with Gasteiger partial charge in [-0.1, -0.05) is 60.7 Å². The van der Waals surface area contributed by atoms with Gasteiger partial charge in [0.15, 0.2) is 0 Å². The summed E-state index contributed by atoms with van der Waals surface area (Å²) in [5, 5.41) is 0. The Balaban J connectivity index is 0.000000249. The molecule has 0 aliphatic heterocycles. The summed E-state index contributed by atoms with van der Waals surface area (Å²) in [7, 11) is -3.70. The second-order valence-corrected chi connectivity index (χ2v) is 7.31. The van der Waals surface area contributed by atoms with Crippen LogP contribution in [0.2, 0.25) is 0 Å². The average molecular weight is 362 g/mol. The normalized spacial score (nSPS) is 10.2. The molecule has 0 atom stereocenters. The highest BCUT2D eigenvalue weighted by molar-refractivity contribution is 14.2. The fourth-order valence-corrected chi connectivity index (χ4v) is 1.26. The molecule has 0 heterocycles. The molecule has 1 N–H and O–H groups in total. The van der Waals surface area contributed by atoms with Crippen molar-refractivity contribution in [1.29, 1.82) is 0 Å². The summed E-state index contributed by atoms with van der Waals surface area (Å²) in [6.45, 7) is 0. The van der Waals surface area contributed by atoms with Crippen LogP contribution >= 0.6 is 21.2 Å². The molecule has 0 aliphatic carbocycles. The van der Waals surface area contributed by atoms with Crippen molar-refractivity contribution in [3.05, 3.63) is 60.7 Å². The lowest BCUT2D eigenvalue weighted by molar-refractivity contribution is 0.506. The molecule has 2 rings (SSSR count). The van der Waals surface area contributed by atoms with Crippen LogP contribution in [0.5, 0.6) is 0 Å². The summed E-state index contributed by atoms with van der Waals surface area (Å²) in [6.07, 6.45) is 0. The molecule has 0 aromatic heterocycles. The zero-order chi connectivity index (χ0) is 12.7. The van der Waals surface area contributed by atoms with Gasteiger partial charge in [-0.25, -0.2) is 0 Å². The van der Waals surface area contributed by atoms with E-state index in [0.717, 1.165) is 21.2 Å². The summed E-state index contributed by atoms with van der Waals surface area (Å²) >= 11 is 0.905. The minimum Gasteiger partial charge on any atom is -0.278 e. The lowest BCUT2D eigenvalue weighted by Crippen LogP contribution is -1.76. The molecule has 2 aromatic carbocycles. The van der Waals surface area contributed by atoms with E-state index in [4.69, 9.17) is 4.55 Å². The number of halogens is 1. The Bertz CT molecular complexity index is 493. The monoisotopic (exact) mass is 362 g/mol. The van der Waals surface area contributed by atoms with Gasteiger partial charge in [-0.05, 0) is 11.1 Å². The van der Waals surface area contributed by atoms with Gasteiger partial charge in [0.2, 0.25) is 0 Å². The van der Waals surface area contributed by atoms with Gasteiger partial charge in [-0.15, -0.1) is 0 Å². The maximum atomic E-state index is 9.17. The third kappa shape index (κ3) is 7.09. The topological polar surface area (TPSA) is 54.4 Å². The fraction of sp³-hybridized carbons (Fsp3) is 0. The SMILES string of the molecule is O=S(=O)(O)I.c1ccc(-c2ccccc2)cc1.